The van der Waals surface area contributed by atoms with Crippen molar-refractivity contribution < 1.29 is 22.7 Å². The van der Waals surface area contributed by atoms with Gasteiger partial charge in [-0.05, 0) is 42.5 Å². The van der Waals surface area contributed by atoms with Gasteiger partial charge in [-0.3, -0.25) is 14.8 Å². The number of para-hydroxylation sites is 1. The van der Waals surface area contributed by atoms with Crippen molar-refractivity contribution in [2.24, 2.45) is 0 Å². The van der Waals surface area contributed by atoms with Crippen LogP contribution in [0.25, 0.3) is 22.0 Å². The first kappa shape index (κ1) is 20.5. The van der Waals surface area contributed by atoms with Crippen molar-refractivity contribution in [1.82, 2.24) is 9.97 Å². The van der Waals surface area contributed by atoms with Crippen LogP contribution in [0.1, 0.15) is 11.3 Å². The molecule has 0 amide bonds. The highest BCUT2D eigenvalue weighted by Gasteiger charge is 2.30. The minimum atomic E-state index is -4.42. The van der Waals surface area contributed by atoms with Crippen LogP contribution >= 0.6 is 0 Å². The Labute approximate surface area is 176 Å². The summed E-state index contributed by atoms with van der Waals surface area (Å²) in [5, 5.41) is 0.943. The van der Waals surface area contributed by atoms with E-state index >= 15 is 0 Å². The van der Waals surface area contributed by atoms with Gasteiger partial charge in [-0.25, -0.2) is 0 Å². The van der Waals surface area contributed by atoms with Crippen LogP contribution in [0.3, 0.4) is 0 Å². The Morgan fingerprint density at radius 3 is 2.45 bits per heavy atom. The number of aromatic nitrogens is 2. The molecule has 0 atom stereocenters. The highest BCUT2D eigenvalue weighted by molar-refractivity contribution is 5.89. The molecule has 0 aliphatic rings. The molecule has 0 saturated carbocycles. The minimum Gasteiger partial charge on any atom is -0.486 e. The van der Waals surface area contributed by atoms with Crippen LogP contribution in [0.4, 0.5) is 13.2 Å². The van der Waals surface area contributed by atoms with Crippen molar-refractivity contribution in [2.45, 2.75) is 12.6 Å². The van der Waals surface area contributed by atoms with Crippen LogP contribution in [0.15, 0.2) is 79.1 Å². The van der Waals surface area contributed by atoms with Crippen molar-refractivity contribution in [2.75, 3.05) is 6.61 Å². The number of hydrogen-bond acceptors (Lipinski definition) is 4. The zero-order chi connectivity index (χ0) is 21.8. The molecule has 0 aliphatic carbocycles. The fourth-order valence-electron chi connectivity index (χ4n) is 3.20. The van der Waals surface area contributed by atoms with E-state index in [0.717, 1.165) is 34.2 Å². The molecule has 7 heteroatoms. The average Bonchev–Trinajstić information content (AvgIpc) is 2.77. The molecule has 31 heavy (non-hydrogen) atoms. The van der Waals surface area contributed by atoms with E-state index in [4.69, 9.17) is 4.74 Å². The number of rotatable bonds is 6. The van der Waals surface area contributed by atoms with Crippen LogP contribution in [0.2, 0.25) is 0 Å². The summed E-state index contributed by atoms with van der Waals surface area (Å²) < 4.78 is 43.4. The van der Waals surface area contributed by atoms with E-state index in [0.29, 0.717) is 5.69 Å². The second kappa shape index (κ2) is 8.55. The summed E-state index contributed by atoms with van der Waals surface area (Å²) in [6.45, 7) is -0.271. The lowest BCUT2D eigenvalue weighted by Gasteiger charge is -2.12. The lowest BCUT2D eigenvalue weighted by Crippen LogP contribution is -2.15. The van der Waals surface area contributed by atoms with Gasteiger partial charge in [0, 0.05) is 28.9 Å². The van der Waals surface area contributed by atoms with Gasteiger partial charge in [0.2, 0.25) is 0 Å². The van der Waals surface area contributed by atoms with E-state index in [2.05, 4.69) is 9.97 Å². The van der Waals surface area contributed by atoms with E-state index in [1.165, 1.54) is 12.1 Å². The zero-order valence-electron chi connectivity index (χ0n) is 16.3. The Morgan fingerprint density at radius 1 is 0.968 bits per heavy atom. The molecule has 0 fully saturated rings. The number of alkyl halides is 3. The molecule has 0 unspecified atom stereocenters. The van der Waals surface area contributed by atoms with Crippen molar-refractivity contribution in [3.8, 4) is 16.9 Å². The van der Waals surface area contributed by atoms with Gasteiger partial charge in [0.1, 0.15) is 12.4 Å². The first-order valence-electron chi connectivity index (χ1n) is 9.51. The molecule has 0 radical (unpaired) electrons. The third-order valence-electron chi connectivity index (χ3n) is 4.72. The number of benzene rings is 2. The fourth-order valence-corrected chi connectivity index (χ4v) is 3.20. The Morgan fingerprint density at radius 2 is 1.74 bits per heavy atom. The third kappa shape index (κ3) is 4.88. The molecule has 2 aromatic carbocycles. The van der Waals surface area contributed by atoms with E-state index in [-0.39, 0.29) is 24.6 Å². The highest BCUT2D eigenvalue weighted by Crippen LogP contribution is 2.30. The first-order chi connectivity index (χ1) is 14.9. The van der Waals surface area contributed by atoms with Crippen molar-refractivity contribution in [1.29, 1.82) is 0 Å². The van der Waals surface area contributed by atoms with Crippen molar-refractivity contribution >= 4 is 16.7 Å². The number of ether oxygens (including phenoxy) is 1. The topological polar surface area (TPSA) is 52.1 Å². The third-order valence-corrected chi connectivity index (χ3v) is 4.72. The molecule has 0 bridgehead atoms. The summed E-state index contributed by atoms with van der Waals surface area (Å²) in [6, 6.07) is 17.5. The van der Waals surface area contributed by atoms with Gasteiger partial charge in [-0.2, -0.15) is 13.2 Å². The molecule has 2 aromatic heterocycles. The largest absolute Gasteiger partial charge is 0.486 e. The number of hydrogen-bond donors (Lipinski definition) is 0. The van der Waals surface area contributed by atoms with Gasteiger partial charge in [0.25, 0.3) is 0 Å². The molecule has 4 nitrogen and oxygen atoms in total. The van der Waals surface area contributed by atoms with Gasteiger partial charge >= 0.3 is 6.18 Å². The van der Waals surface area contributed by atoms with Crippen LogP contribution < -0.4 is 4.74 Å². The van der Waals surface area contributed by atoms with E-state index < -0.39 is 11.7 Å². The van der Waals surface area contributed by atoms with Gasteiger partial charge in [-0.1, -0.05) is 24.3 Å². The quantitative estimate of drug-likeness (QED) is 0.411. The normalized spacial score (nSPS) is 11.5. The van der Waals surface area contributed by atoms with Gasteiger partial charge in [0.05, 0.1) is 23.2 Å². The maximum atomic E-state index is 12.7. The summed E-state index contributed by atoms with van der Waals surface area (Å²) in [5.41, 5.74) is 2.23. The Balaban J connectivity index is 1.53. The monoisotopic (exact) mass is 422 g/mol. The standard InChI is InChI=1S/C24H17F3N2O2/c25-24(26,27)18-7-9-20(10-8-18)31-15-19(30)13-23-21(17-5-3-11-28-14-17)12-16-4-1-2-6-22(16)29-23/h1-12,14H,13,15H2. The predicted octanol–water partition coefficient (Wildman–Crippen LogP) is 5.51. The number of ketones is 1. The van der Waals surface area contributed by atoms with E-state index in [1.807, 2.05) is 42.5 Å². The lowest BCUT2D eigenvalue weighted by molar-refractivity contribution is -0.137. The number of nitrogens with zero attached hydrogens (tertiary/aromatic N) is 2. The lowest BCUT2D eigenvalue weighted by atomic mass is 10.00. The summed E-state index contributed by atoms with van der Waals surface area (Å²) in [7, 11) is 0. The number of Topliss-reactive ketones (excluding diaryl/α,β-unsaturated/α-hetero) is 1. The van der Waals surface area contributed by atoms with Crippen molar-refractivity contribution in [3.63, 3.8) is 0 Å². The molecule has 4 aromatic rings. The molecule has 0 N–H and O–H groups in total. The molecule has 0 aliphatic heterocycles. The SMILES string of the molecule is O=C(COc1ccc(C(F)(F)F)cc1)Cc1nc2ccccc2cc1-c1cccnc1. The number of halogens is 3. The second-order valence-corrected chi connectivity index (χ2v) is 6.94. The van der Waals surface area contributed by atoms with Crippen molar-refractivity contribution in [3.05, 3.63) is 90.4 Å². The van der Waals surface area contributed by atoms with Crippen LogP contribution in [-0.4, -0.2) is 22.4 Å². The predicted molar refractivity (Wildman–Crippen MR) is 111 cm³/mol. The van der Waals surface area contributed by atoms with Gasteiger partial charge in [-0.15, -0.1) is 0 Å². The van der Waals surface area contributed by atoms with E-state index in [1.54, 1.807) is 12.4 Å². The summed E-state index contributed by atoms with van der Waals surface area (Å²) in [5.74, 6) is -0.0480. The number of carbonyl (C=O) groups is 1. The fraction of sp³-hybridized carbons (Fsp3) is 0.125. The molecule has 0 saturated heterocycles. The molecule has 0 spiro atoms. The maximum absolute atomic E-state index is 12.7. The second-order valence-electron chi connectivity index (χ2n) is 6.94. The number of carbonyl (C=O) groups excluding carboxylic acids is 1. The summed E-state index contributed by atoms with van der Waals surface area (Å²) in [6.07, 6.45) is -1.02. The van der Waals surface area contributed by atoms with Crippen LogP contribution in [-0.2, 0) is 17.4 Å². The molecule has 2 heterocycles. The summed E-state index contributed by atoms with van der Waals surface area (Å²) >= 11 is 0. The smallest absolute Gasteiger partial charge is 0.416 e. The van der Waals surface area contributed by atoms with Crippen LogP contribution in [0.5, 0.6) is 5.75 Å². The zero-order valence-corrected chi connectivity index (χ0v) is 16.3. The molecular formula is C24H17F3N2O2. The average molecular weight is 422 g/mol. The Kier molecular flexibility index (Phi) is 5.66. The van der Waals surface area contributed by atoms with E-state index in [9.17, 15) is 18.0 Å². The van der Waals surface area contributed by atoms with Crippen LogP contribution in [0, 0.1) is 0 Å². The molecule has 4 rings (SSSR count). The Bertz CT molecular complexity index is 1210. The molecule has 156 valence electrons. The summed E-state index contributed by atoms with van der Waals surface area (Å²) in [4.78, 5) is 21.4. The number of pyridine rings is 2. The highest BCUT2D eigenvalue weighted by atomic mass is 19.4. The van der Waals surface area contributed by atoms with Gasteiger partial charge in [0.15, 0.2) is 5.78 Å². The number of fused-ring (bicyclic) bond motifs is 1. The minimum absolute atomic E-state index is 0.0235. The molecular weight excluding hydrogens is 405 g/mol. The Hall–Kier alpha value is -3.74. The van der Waals surface area contributed by atoms with Gasteiger partial charge < -0.3 is 4.74 Å². The first-order valence-corrected chi connectivity index (χ1v) is 9.51. The maximum Gasteiger partial charge on any atom is 0.416 e.